The van der Waals surface area contributed by atoms with Gasteiger partial charge in [-0.3, -0.25) is 24.1 Å². The molecule has 0 spiro atoms. The number of halogens is 1. The van der Waals surface area contributed by atoms with Crippen LogP contribution in [0.3, 0.4) is 0 Å². The quantitative estimate of drug-likeness (QED) is 0.750. The molecule has 0 radical (unpaired) electrons. The number of rotatable bonds is 6. The first-order chi connectivity index (χ1) is 13.4. The van der Waals surface area contributed by atoms with Crippen LogP contribution < -0.4 is 10.6 Å². The third kappa shape index (κ3) is 4.79. The van der Waals surface area contributed by atoms with Crippen molar-refractivity contribution in [1.29, 1.82) is 0 Å². The van der Waals surface area contributed by atoms with Crippen LogP contribution >= 0.6 is 0 Å². The maximum Gasteiger partial charge on any atom is 0.255 e. The van der Waals surface area contributed by atoms with Crippen molar-refractivity contribution in [2.75, 3.05) is 17.2 Å². The molecule has 2 aromatic carbocycles. The molecule has 0 bridgehead atoms. The number of carbonyl (C=O) groups is 4. The van der Waals surface area contributed by atoms with Crippen LogP contribution in [0, 0.1) is 5.82 Å². The van der Waals surface area contributed by atoms with E-state index in [1.165, 1.54) is 24.3 Å². The van der Waals surface area contributed by atoms with Gasteiger partial charge in [-0.1, -0.05) is 12.1 Å². The van der Waals surface area contributed by atoms with Crippen molar-refractivity contribution in [3.63, 3.8) is 0 Å². The summed E-state index contributed by atoms with van der Waals surface area (Å²) in [4.78, 5) is 48.6. The molecule has 8 heteroatoms. The van der Waals surface area contributed by atoms with Gasteiger partial charge in [0.05, 0.1) is 0 Å². The summed E-state index contributed by atoms with van der Waals surface area (Å²) in [6.07, 6.45) is 0.336. The number of likely N-dealkylation sites (tertiary alicyclic amines) is 1. The van der Waals surface area contributed by atoms with Gasteiger partial charge in [0, 0.05) is 42.7 Å². The second kappa shape index (κ2) is 8.43. The molecule has 0 aromatic heterocycles. The molecule has 4 amide bonds. The third-order valence-corrected chi connectivity index (χ3v) is 4.21. The first-order valence-corrected chi connectivity index (χ1v) is 8.72. The second-order valence-electron chi connectivity index (χ2n) is 6.28. The van der Waals surface area contributed by atoms with Crippen LogP contribution in [-0.4, -0.2) is 35.1 Å². The molecule has 2 aromatic rings. The Bertz CT molecular complexity index is 929. The molecule has 1 aliphatic rings. The number of hydrogen-bond acceptors (Lipinski definition) is 4. The molecule has 1 aliphatic heterocycles. The predicted molar refractivity (Wildman–Crippen MR) is 100.0 cm³/mol. The summed E-state index contributed by atoms with van der Waals surface area (Å²) >= 11 is 0. The van der Waals surface area contributed by atoms with Crippen molar-refractivity contribution in [1.82, 2.24) is 4.90 Å². The monoisotopic (exact) mass is 383 g/mol. The van der Waals surface area contributed by atoms with Crippen molar-refractivity contribution in [3.8, 4) is 0 Å². The number of hydrogen-bond donors (Lipinski definition) is 2. The van der Waals surface area contributed by atoms with Gasteiger partial charge in [0.2, 0.25) is 17.7 Å². The number of carbonyl (C=O) groups excluding carboxylic acids is 4. The minimum atomic E-state index is -0.464. The Morgan fingerprint density at radius 3 is 2.25 bits per heavy atom. The lowest BCUT2D eigenvalue weighted by atomic mass is 10.1. The highest BCUT2D eigenvalue weighted by Gasteiger charge is 2.28. The van der Waals surface area contributed by atoms with E-state index < -0.39 is 11.7 Å². The molecule has 144 valence electrons. The SMILES string of the molecule is O=C(CCN1C(=O)CCC1=O)Nc1cccc(C(=O)Nc2cccc(F)c2)c1. The molecular weight excluding hydrogens is 365 g/mol. The van der Waals surface area contributed by atoms with Crippen molar-refractivity contribution < 1.29 is 23.6 Å². The number of anilines is 2. The molecule has 1 heterocycles. The highest BCUT2D eigenvalue weighted by molar-refractivity contribution is 6.05. The molecule has 3 rings (SSSR count). The van der Waals surface area contributed by atoms with Gasteiger partial charge in [-0.2, -0.15) is 0 Å². The van der Waals surface area contributed by atoms with Crippen LogP contribution in [0.25, 0.3) is 0 Å². The molecule has 7 nitrogen and oxygen atoms in total. The van der Waals surface area contributed by atoms with E-state index in [0.29, 0.717) is 11.4 Å². The van der Waals surface area contributed by atoms with Gasteiger partial charge < -0.3 is 10.6 Å². The first-order valence-electron chi connectivity index (χ1n) is 8.72. The summed E-state index contributed by atoms with van der Waals surface area (Å²) in [5.74, 6) is -1.83. The van der Waals surface area contributed by atoms with E-state index in [1.807, 2.05) is 0 Å². The lowest BCUT2D eigenvalue weighted by Crippen LogP contribution is -2.32. The number of nitrogens with one attached hydrogen (secondary N) is 2. The summed E-state index contributed by atoms with van der Waals surface area (Å²) < 4.78 is 13.2. The van der Waals surface area contributed by atoms with E-state index in [1.54, 1.807) is 24.3 Å². The third-order valence-electron chi connectivity index (χ3n) is 4.21. The van der Waals surface area contributed by atoms with Crippen LogP contribution in [0.2, 0.25) is 0 Å². The first kappa shape index (κ1) is 19.2. The highest BCUT2D eigenvalue weighted by atomic mass is 19.1. The summed E-state index contributed by atoms with van der Waals surface area (Å²) in [5, 5.41) is 5.21. The summed E-state index contributed by atoms with van der Waals surface area (Å²) in [5.41, 5.74) is 1.00. The zero-order chi connectivity index (χ0) is 20.1. The standard InChI is InChI=1S/C20H18FN3O4/c21-14-4-2-6-16(12-14)23-20(28)13-3-1-5-15(11-13)22-17(25)9-10-24-18(26)7-8-19(24)27/h1-6,11-12H,7-10H2,(H,22,25)(H,23,28). The smallest absolute Gasteiger partial charge is 0.255 e. The fourth-order valence-corrected chi connectivity index (χ4v) is 2.82. The van der Waals surface area contributed by atoms with Gasteiger partial charge in [-0.15, -0.1) is 0 Å². The minimum Gasteiger partial charge on any atom is -0.326 e. The Morgan fingerprint density at radius 2 is 1.57 bits per heavy atom. The number of amides is 4. The Kier molecular flexibility index (Phi) is 5.78. The Balaban J connectivity index is 1.58. The van der Waals surface area contributed by atoms with Crippen LogP contribution in [0.1, 0.15) is 29.6 Å². The summed E-state index contributed by atoms with van der Waals surface area (Å²) in [6, 6.07) is 11.8. The number of nitrogens with zero attached hydrogens (tertiary/aromatic N) is 1. The van der Waals surface area contributed by atoms with E-state index >= 15 is 0 Å². The number of benzene rings is 2. The molecule has 0 atom stereocenters. The molecule has 0 saturated carbocycles. The van der Waals surface area contributed by atoms with E-state index in [0.717, 1.165) is 4.90 Å². The van der Waals surface area contributed by atoms with Crippen molar-refractivity contribution in [2.24, 2.45) is 0 Å². The molecule has 0 aliphatic carbocycles. The molecule has 1 fully saturated rings. The molecule has 2 N–H and O–H groups in total. The molecule has 28 heavy (non-hydrogen) atoms. The zero-order valence-electron chi connectivity index (χ0n) is 14.9. The predicted octanol–water partition coefficient (Wildman–Crippen LogP) is 2.56. The maximum atomic E-state index is 13.2. The van der Waals surface area contributed by atoms with Crippen LogP contribution in [0.4, 0.5) is 15.8 Å². The topological polar surface area (TPSA) is 95.6 Å². The van der Waals surface area contributed by atoms with Crippen LogP contribution in [-0.2, 0) is 14.4 Å². The van der Waals surface area contributed by atoms with Gasteiger partial charge >= 0.3 is 0 Å². The largest absolute Gasteiger partial charge is 0.326 e. The lowest BCUT2D eigenvalue weighted by molar-refractivity contribution is -0.138. The Hall–Kier alpha value is -3.55. The Morgan fingerprint density at radius 1 is 0.929 bits per heavy atom. The lowest BCUT2D eigenvalue weighted by Gasteiger charge is -2.13. The molecular formula is C20H18FN3O4. The van der Waals surface area contributed by atoms with E-state index in [4.69, 9.17) is 0 Å². The van der Waals surface area contributed by atoms with Gasteiger partial charge in [0.15, 0.2) is 0 Å². The van der Waals surface area contributed by atoms with Crippen LogP contribution in [0.5, 0.6) is 0 Å². The fourth-order valence-electron chi connectivity index (χ4n) is 2.82. The van der Waals surface area contributed by atoms with E-state index in [9.17, 15) is 23.6 Å². The highest BCUT2D eigenvalue weighted by Crippen LogP contribution is 2.16. The Labute approximate surface area is 160 Å². The summed E-state index contributed by atoms with van der Waals surface area (Å²) in [7, 11) is 0. The zero-order valence-corrected chi connectivity index (χ0v) is 14.9. The maximum absolute atomic E-state index is 13.2. The fraction of sp³-hybridized carbons (Fsp3) is 0.200. The van der Waals surface area contributed by atoms with Crippen molar-refractivity contribution in [3.05, 3.63) is 59.9 Å². The van der Waals surface area contributed by atoms with Gasteiger partial charge in [0.1, 0.15) is 5.82 Å². The summed E-state index contributed by atoms with van der Waals surface area (Å²) in [6.45, 7) is 0.0310. The molecule has 0 unspecified atom stereocenters. The van der Waals surface area contributed by atoms with Gasteiger partial charge in [0.25, 0.3) is 5.91 Å². The average molecular weight is 383 g/mol. The van der Waals surface area contributed by atoms with Gasteiger partial charge in [-0.25, -0.2) is 4.39 Å². The van der Waals surface area contributed by atoms with E-state index in [-0.39, 0.29) is 49.1 Å². The normalized spacial score (nSPS) is 13.5. The number of imide groups is 1. The van der Waals surface area contributed by atoms with Crippen LogP contribution in [0.15, 0.2) is 48.5 Å². The van der Waals surface area contributed by atoms with E-state index in [2.05, 4.69) is 10.6 Å². The van der Waals surface area contributed by atoms with Crippen molar-refractivity contribution in [2.45, 2.75) is 19.3 Å². The second-order valence-corrected chi connectivity index (χ2v) is 6.28. The van der Waals surface area contributed by atoms with Gasteiger partial charge in [-0.05, 0) is 36.4 Å². The molecule has 1 saturated heterocycles. The van der Waals surface area contributed by atoms with Crippen molar-refractivity contribution >= 4 is 35.0 Å². The minimum absolute atomic E-state index is 0.0306. The average Bonchev–Trinajstić information content (AvgIpc) is 2.98.